The van der Waals surface area contributed by atoms with Crippen molar-refractivity contribution in [2.24, 2.45) is 0 Å². The van der Waals surface area contributed by atoms with E-state index in [4.69, 9.17) is 0 Å². The largest absolute Gasteiger partial charge is 0.275 e. The van der Waals surface area contributed by atoms with E-state index in [0.717, 1.165) is 41.6 Å². The molecule has 0 spiro atoms. The lowest BCUT2D eigenvalue weighted by Gasteiger charge is -2.13. The SMILES string of the molecule is CB(c1cccc(Sc2ccccn2)c1)c1ccc2c3ccc(B(C)c4cccc(Sc5ccccn5)c4)cc3n(-c3nncnn3)c2c1. The predicted molar refractivity (Wildman–Crippen MR) is 203 cm³/mol. The van der Waals surface area contributed by atoms with Gasteiger partial charge in [-0.05, 0) is 48.5 Å². The van der Waals surface area contributed by atoms with Crippen LogP contribution in [0.5, 0.6) is 0 Å². The van der Waals surface area contributed by atoms with Crippen LogP contribution in [0.3, 0.4) is 0 Å². The number of nitrogens with zero attached hydrogens (tertiary/aromatic N) is 7. The van der Waals surface area contributed by atoms with Gasteiger partial charge in [-0.1, -0.05) is 132 Å². The van der Waals surface area contributed by atoms with Gasteiger partial charge in [0.05, 0.1) is 11.0 Å². The van der Waals surface area contributed by atoms with Crippen molar-refractivity contribution < 1.29 is 0 Å². The van der Waals surface area contributed by atoms with Crippen LogP contribution >= 0.6 is 23.5 Å². The summed E-state index contributed by atoms with van der Waals surface area (Å²) in [6, 6.07) is 42.8. The minimum atomic E-state index is 0.153. The minimum Gasteiger partial charge on any atom is -0.275 e. The van der Waals surface area contributed by atoms with Gasteiger partial charge in [0.15, 0.2) is 6.33 Å². The average Bonchev–Trinajstić information content (AvgIpc) is 3.48. The average molecular weight is 669 g/mol. The molecule has 0 N–H and O–H groups in total. The maximum Gasteiger partial charge on any atom is 0.273 e. The highest BCUT2D eigenvalue weighted by Crippen LogP contribution is 2.30. The molecule has 0 saturated heterocycles. The van der Waals surface area contributed by atoms with Crippen LogP contribution in [0.2, 0.25) is 13.6 Å². The van der Waals surface area contributed by atoms with Crippen molar-refractivity contribution in [1.29, 1.82) is 0 Å². The number of rotatable bonds is 9. The Balaban J connectivity index is 1.17. The Morgan fingerprint density at radius 2 is 1.00 bits per heavy atom. The number of fused-ring (bicyclic) bond motifs is 3. The molecule has 0 amide bonds. The van der Waals surface area contributed by atoms with Gasteiger partial charge < -0.3 is 0 Å². The summed E-state index contributed by atoms with van der Waals surface area (Å²) in [4.78, 5) is 11.3. The Kier molecular flexibility index (Phi) is 8.68. The van der Waals surface area contributed by atoms with Gasteiger partial charge in [-0.3, -0.25) is 4.57 Å². The van der Waals surface area contributed by atoms with E-state index in [0.29, 0.717) is 5.95 Å². The van der Waals surface area contributed by atoms with Crippen molar-refractivity contribution in [2.45, 2.75) is 33.5 Å². The number of pyridine rings is 2. The number of benzene rings is 4. The monoisotopic (exact) mass is 669 g/mol. The molecule has 7 nitrogen and oxygen atoms in total. The van der Waals surface area contributed by atoms with E-state index in [1.807, 2.05) is 48.8 Å². The summed E-state index contributed by atoms with van der Waals surface area (Å²) in [5.74, 6) is 0.444. The fourth-order valence-electron chi connectivity index (χ4n) is 6.23. The molecule has 0 saturated carbocycles. The van der Waals surface area contributed by atoms with Crippen molar-refractivity contribution in [3.63, 3.8) is 0 Å². The third-order valence-corrected chi connectivity index (χ3v) is 10.7. The first-order chi connectivity index (χ1) is 24.1. The summed E-state index contributed by atoms with van der Waals surface area (Å²) in [7, 11) is 0. The van der Waals surface area contributed by atoms with Crippen LogP contribution in [0.4, 0.5) is 0 Å². The summed E-state index contributed by atoms with van der Waals surface area (Å²) in [6.45, 7) is 4.81. The van der Waals surface area contributed by atoms with E-state index in [1.54, 1.807) is 23.5 Å². The van der Waals surface area contributed by atoms with Crippen LogP contribution < -0.4 is 21.9 Å². The Morgan fingerprint density at radius 3 is 1.47 bits per heavy atom. The zero-order valence-corrected chi connectivity index (χ0v) is 28.5. The molecular formula is C38H29B2N7S2. The normalized spacial score (nSPS) is 11.2. The third-order valence-electron chi connectivity index (χ3n) is 8.85. The number of hydrogen-bond donors (Lipinski definition) is 0. The molecular weight excluding hydrogens is 640 g/mol. The second kappa shape index (κ2) is 13.7. The highest BCUT2D eigenvalue weighted by atomic mass is 32.2. The molecule has 0 aliphatic rings. The zero-order chi connectivity index (χ0) is 33.2. The first-order valence-corrected chi connectivity index (χ1v) is 17.7. The van der Waals surface area contributed by atoms with E-state index in [9.17, 15) is 0 Å². The van der Waals surface area contributed by atoms with Crippen molar-refractivity contribution in [3.05, 3.63) is 140 Å². The van der Waals surface area contributed by atoms with Crippen LogP contribution in [0.15, 0.2) is 160 Å². The van der Waals surface area contributed by atoms with Gasteiger partial charge >= 0.3 is 0 Å². The van der Waals surface area contributed by atoms with E-state index >= 15 is 0 Å². The molecule has 0 aliphatic carbocycles. The fourth-order valence-corrected chi connectivity index (χ4v) is 7.92. The molecule has 0 atom stereocenters. The molecule has 11 heteroatoms. The lowest BCUT2D eigenvalue weighted by Crippen LogP contribution is -2.39. The van der Waals surface area contributed by atoms with Gasteiger partial charge in [-0.15, -0.1) is 20.4 Å². The van der Waals surface area contributed by atoms with Crippen LogP contribution in [0, 0.1) is 0 Å². The van der Waals surface area contributed by atoms with Gasteiger partial charge in [-0.25, -0.2) is 9.97 Å². The van der Waals surface area contributed by atoms with Gasteiger partial charge in [0.2, 0.25) is 13.4 Å². The Bertz CT molecular complexity index is 2250. The lowest BCUT2D eigenvalue weighted by molar-refractivity contribution is 0.801. The van der Waals surface area contributed by atoms with Crippen molar-refractivity contribution in [1.82, 2.24) is 34.9 Å². The smallest absolute Gasteiger partial charge is 0.273 e. The second-order valence-electron chi connectivity index (χ2n) is 11.9. The summed E-state index contributed by atoms with van der Waals surface area (Å²) >= 11 is 3.35. The highest BCUT2D eigenvalue weighted by Gasteiger charge is 2.21. The molecule has 4 heterocycles. The van der Waals surface area contributed by atoms with Crippen LogP contribution in [0.25, 0.3) is 27.8 Å². The van der Waals surface area contributed by atoms with E-state index < -0.39 is 0 Å². The van der Waals surface area contributed by atoms with Crippen molar-refractivity contribution in [3.8, 4) is 5.95 Å². The molecule has 49 heavy (non-hydrogen) atoms. The predicted octanol–water partition coefficient (Wildman–Crippen LogP) is 5.93. The molecule has 0 radical (unpaired) electrons. The quantitative estimate of drug-likeness (QED) is 0.175. The van der Waals surface area contributed by atoms with E-state index in [-0.39, 0.29) is 13.4 Å². The maximum absolute atomic E-state index is 4.49. The Labute approximate surface area is 293 Å². The summed E-state index contributed by atoms with van der Waals surface area (Å²) < 4.78 is 2.10. The van der Waals surface area contributed by atoms with Gasteiger partial charge in [-0.2, -0.15) is 0 Å². The molecule has 8 aromatic rings. The minimum absolute atomic E-state index is 0.153. The summed E-state index contributed by atoms with van der Waals surface area (Å²) in [6.07, 6.45) is 5.02. The maximum atomic E-state index is 4.49. The topological polar surface area (TPSA) is 82.3 Å². The molecule has 0 fully saturated rings. The lowest BCUT2D eigenvalue weighted by atomic mass is 9.42. The fraction of sp³-hybridized carbons (Fsp3) is 0.0526. The van der Waals surface area contributed by atoms with Crippen LogP contribution in [-0.2, 0) is 0 Å². The van der Waals surface area contributed by atoms with Gasteiger partial charge in [0.1, 0.15) is 10.1 Å². The molecule has 234 valence electrons. The van der Waals surface area contributed by atoms with E-state index in [1.165, 1.54) is 28.2 Å². The van der Waals surface area contributed by atoms with E-state index in [2.05, 4.69) is 134 Å². The molecule has 4 aromatic heterocycles. The van der Waals surface area contributed by atoms with Crippen molar-refractivity contribution in [2.75, 3.05) is 0 Å². The zero-order valence-electron chi connectivity index (χ0n) is 26.9. The molecule has 8 rings (SSSR count). The Hall–Kier alpha value is -5.25. The molecule has 0 aliphatic heterocycles. The van der Waals surface area contributed by atoms with Gasteiger partial charge in [0, 0.05) is 33.0 Å². The molecule has 4 aromatic carbocycles. The van der Waals surface area contributed by atoms with Crippen LogP contribution in [0.1, 0.15) is 0 Å². The summed E-state index contributed by atoms with van der Waals surface area (Å²) in [5, 5.41) is 21.2. The first-order valence-electron chi connectivity index (χ1n) is 16.1. The third kappa shape index (κ3) is 6.47. The Morgan fingerprint density at radius 1 is 0.510 bits per heavy atom. The standard InChI is InChI=1S/C38H29B2N7S2/c1-39(26-9-7-11-30(21-26)48-36-13-3-5-19-41-36)28-15-17-32-33-18-16-29(24-35(33)47(34(32)23-28)38-45-43-25-44-46-38)40(2)27-10-8-12-31(22-27)49-37-14-4-6-20-42-37/h3-25H,1-2H3. The first kappa shape index (κ1) is 31.0. The number of aromatic nitrogens is 7. The molecule has 0 bridgehead atoms. The van der Waals surface area contributed by atoms with Gasteiger partial charge in [0.25, 0.3) is 5.95 Å². The second-order valence-corrected chi connectivity index (χ2v) is 14.1. The highest BCUT2D eigenvalue weighted by molar-refractivity contribution is 7.99. The molecule has 0 unspecified atom stereocenters. The summed E-state index contributed by atoms with van der Waals surface area (Å²) in [5.41, 5.74) is 6.91. The number of hydrogen-bond acceptors (Lipinski definition) is 8. The van der Waals surface area contributed by atoms with Crippen LogP contribution in [-0.4, -0.2) is 48.4 Å². The van der Waals surface area contributed by atoms with Crippen molar-refractivity contribution >= 4 is 80.6 Å².